The molecule has 0 bridgehead atoms. The van der Waals surface area contributed by atoms with Crippen molar-refractivity contribution in [3.05, 3.63) is 142 Å². The van der Waals surface area contributed by atoms with E-state index in [0.717, 1.165) is 11.1 Å². The van der Waals surface area contributed by atoms with Crippen LogP contribution in [0.5, 0.6) is 0 Å². The van der Waals surface area contributed by atoms with Crippen molar-refractivity contribution in [2.75, 3.05) is 0 Å². The summed E-state index contributed by atoms with van der Waals surface area (Å²) < 4.78 is 67.9. The lowest BCUT2D eigenvalue weighted by Gasteiger charge is -2.22. The first-order valence-electron chi connectivity index (χ1n) is 17.6. The van der Waals surface area contributed by atoms with Crippen LogP contribution in [-0.4, -0.2) is 44.1 Å². The predicted octanol–water partition coefficient (Wildman–Crippen LogP) is 4.55. The number of aryl methyl sites for hydroxylation is 1. The lowest BCUT2D eigenvalue weighted by Crippen LogP contribution is -2.43. The van der Waals surface area contributed by atoms with Crippen molar-refractivity contribution in [1.29, 1.82) is 5.41 Å². The monoisotopic (exact) mass is 778 g/mol. The molecule has 0 saturated carbocycles. The lowest BCUT2D eigenvalue weighted by atomic mass is 9.89. The Balaban J connectivity index is 1.57. The van der Waals surface area contributed by atoms with E-state index in [1.165, 1.54) is 12.1 Å². The lowest BCUT2D eigenvalue weighted by molar-refractivity contribution is -0.173. The van der Waals surface area contributed by atoms with Gasteiger partial charge in [0.2, 0.25) is 15.9 Å². The first kappa shape index (κ1) is 42.4. The number of carbonyl (C=O) groups excluding carboxylic acids is 3. The molecule has 4 aromatic carbocycles. The zero-order valence-electron chi connectivity index (χ0n) is 30.1. The van der Waals surface area contributed by atoms with Gasteiger partial charge in [0.15, 0.2) is 5.78 Å². The Morgan fingerprint density at radius 1 is 0.745 bits per heavy atom. The van der Waals surface area contributed by atoms with Crippen LogP contribution in [0.1, 0.15) is 58.2 Å². The normalized spacial score (nSPS) is 12.7. The Kier molecular flexibility index (Phi) is 15.3. The van der Waals surface area contributed by atoms with E-state index in [1.807, 2.05) is 35.6 Å². The van der Waals surface area contributed by atoms with Crippen molar-refractivity contribution in [2.45, 2.75) is 69.7 Å². The highest BCUT2D eigenvalue weighted by Gasteiger charge is 2.38. The smallest absolute Gasteiger partial charge is 0.384 e. The number of rotatable bonds is 20. The van der Waals surface area contributed by atoms with Gasteiger partial charge >= 0.3 is 12.1 Å². The average Bonchev–Trinajstić information content (AvgIpc) is 3.15. The minimum absolute atomic E-state index is 0.0166. The molecular weight excluding hydrogens is 734 g/mol. The molecule has 0 aliphatic heterocycles. The first-order valence-corrected chi connectivity index (χ1v) is 19.3. The number of nitrogens with two attached hydrogens (primary N) is 2. The molecule has 0 spiro atoms. The van der Waals surface area contributed by atoms with Crippen LogP contribution in [-0.2, 0) is 62.6 Å². The maximum Gasteiger partial charge on any atom is 0.471 e. The number of hydrogen-bond acceptors (Lipinski definition) is 7. The molecule has 0 aliphatic rings. The molecule has 0 aliphatic carbocycles. The van der Waals surface area contributed by atoms with Crippen LogP contribution in [0.25, 0.3) is 0 Å². The number of alkyl halides is 3. The average molecular weight is 779 g/mol. The molecule has 0 fully saturated rings. The molecule has 4 aromatic rings. The van der Waals surface area contributed by atoms with Crippen molar-refractivity contribution in [1.82, 2.24) is 15.4 Å². The quantitative estimate of drug-likeness (QED) is 0.0559. The molecular formula is C40H45F3N6O5S. The van der Waals surface area contributed by atoms with E-state index in [1.54, 1.807) is 60.7 Å². The van der Waals surface area contributed by atoms with Gasteiger partial charge in [-0.2, -0.15) is 13.2 Å². The van der Waals surface area contributed by atoms with Crippen molar-refractivity contribution < 1.29 is 36.0 Å². The summed E-state index contributed by atoms with van der Waals surface area (Å²) in [7, 11) is -4.05. The van der Waals surface area contributed by atoms with Crippen LogP contribution in [0, 0.1) is 11.3 Å². The number of nitrogen functional groups attached to an aromatic ring is 1. The number of Topliss-reactive ketones (excluding diaryl/α,β-unsaturated/α-hetero) is 1. The Bertz CT molecular complexity index is 2040. The van der Waals surface area contributed by atoms with Gasteiger partial charge < -0.3 is 22.1 Å². The molecule has 55 heavy (non-hydrogen) atoms. The summed E-state index contributed by atoms with van der Waals surface area (Å²) in [5, 5.41) is 12.3. The predicted molar refractivity (Wildman–Crippen MR) is 204 cm³/mol. The largest absolute Gasteiger partial charge is 0.471 e. The van der Waals surface area contributed by atoms with Gasteiger partial charge in [0.05, 0.1) is 11.8 Å². The molecule has 0 heterocycles. The molecule has 4 rings (SSSR count). The van der Waals surface area contributed by atoms with E-state index in [9.17, 15) is 36.0 Å². The first-order chi connectivity index (χ1) is 26.1. The number of amides is 2. The van der Waals surface area contributed by atoms with E-state index >= 15 is 0 Å². The van der Waals surface area contributed by atoms with Crippen molar-refractivity contribution in [3.63, 3.8) is 0 Å². The van der Waals surface area contributed by atoms with Gasteiger partial charge in [0.25, 0.3) is 0 Å². The molecule has 0 saturated heterocycles. The summed E-state index contributed by atoms with van der Waals surface area (Å²) in [6.07, 6.45) is -4.23. The van der Waals surface area contributed by atoms with Crippen LogP contribution in [0.2, 0.25) is 0 Å². The zero-order chi connectivity index (χ0) is 40.0. The number of carbonyl (C=O) groups is 3. The standard InChI is InChI=1S/C40H45F3N6O5S/c41-40(42,43)39(52)48-25-31-12-4-10-29(19-31)21-34(38(51)47-24-28-15-17-33(18-16-28)37(45)46)22-36(50)35(14-6-9-27-7-2-1-3-8-27)49-55(53,54)26-32-13-5-11-30(20-32)23-44/h1-5,7-8,10-13,15-20,34-35,49H,6,9,14,21-26,44H2,(H3,45,46)(H,47,51)(H,48,52)/t34-,35-/m1/s1. The van der Waals surface area contributed by atoms with Gasteiger partial charge in [-0.25, -0.2) is 13.1 Å². The zero-order valence-corrected chi connectivity index (χ0v) is 30.9. The SMILES string of the molecule is N=C(N)c1ccc(CNC(=O)[C@@H](CC(=O)[C@@H](CCCc2ccccc2)NS(=O)(=O)Cc2cccc(CN)c2)Cc2cccc(CNC(=O)C(F)(F)F)c2)cc1. The highest BCUT2D eigenvalue weighted by Crippen LogP contribution is 2.20. The highest BCUT2D eigenvalue weighted by molar-refractivity contribution is 7.88. The summed E-state index contributed by atoms with van der Waals surface area (Å²) in [6, 6.07) is 28.1. The second kappa shape index (κ2) is 19.8. The Morgan fingerprint density at radius 2 is 1.35 bits per heavy atom. The maximum absolute atomic E-state index is 14.1. The van der Waals surface area contributed by atoms with Crippen molar-refractivity contribution >= 4 is 33.5 Å². The topological polar surface area (TPSA) is 197 Å². The van der Waals surface area contributed by atoms with Gasteiger partial charge in [0, 0.05) is 37.5 Å². The fourth-order valence-corrected chi connectivity index (χ4v) is 7.36. The van der Waals surface area contributed by atoms with Crippen LogP contribution < -0.4 is 26.8 Å². The molecule has 15 heteroatoms. The van der Waals surface area contributed by atoms with E-state index in [0.29, 0.717) is 40.7 Å². The highest BCUT2D eigenvalue weighted by atomic mass is 32.2. The Labute approximate surface area is 318 Å². The molecule has 292 valence electrons. The summed E-state index contributed by atoms with van der Waals surface area (Å²) >= 11 is 0. The van der Waals surface area contributed by atoms with Crippen molar-refractivity contribution in [3.8, 4) is 0 Å². The number of amidine groups is 1. The maximum atomic E-state index is 14.1. The minimum atomic E-state index is -5.05. The Hall–Kier alpha value is -5.38. The number of halogens is 3. The van der Waals surface area contributed by atoms with Gasteiger partial charge in [0.1, 0.15) is 5.84 Å². The van der Waals surface area contributed by atoms with Crippen LogP contribution >= 0.6 is 0 Å². The fourth-order valence-electron chi connectivity index (χ4n) is 5.98. The molecule has 8 N–H and O–H groups in total. The number of ketones is 1. The second-order valence-electron chi connectivity index (χ2n) is 13.2. The third-order valence-corrected chi connectivity index (χ3v) is 10.2. The summed E-state index contributed by atoms with van der Waals surface area (Å²) in [5.74, 6) is -4.63. The van der Waals surface area contributed by atoms with Gasteiger partial charge in [-0.15, -0.1) is 0 Å². The molecule has 0 aromatic heterocycles. The van der Waals surface area contributed by atoms with Crippen LogP contribution in [0.4, 0.5) is 13.2 Å². The van der Waals surface area contributed by atoms with Crippen LogP contribution in [0.15, 0.2) is 103 Å². The third kappa shape index (κ3) is 14.1. The Morgan fingerprint density at radius 3 is 2.00 bits per heavy atom. The van der Waals surface area contributed by atoms with Gasteiger partial charge in [-0.05, 0) is 59.1 Å². The summed E-state index contributed by atoms with van der Waals surface area (Å²) in [6.45, 7) is -0.127. The van der Waals surface area contributed by atoms with E-state index in [4.69, 9.17) is 16.9 Å². The summed E-state index contributed by atoms with van der Waals surface area (Å²) in [4.78, 5) is 39.3. The van der Waals surface area contributed by atoms with E-state index in [2.05, 4.69) is 10.0 Å². The molecule has 2 atom stereocenters. The second-order valence-corrected chi connectivity index (χ2v) is 15.0. The van der Waals surface area contributed by atoms with Gasteiger partial charge in [-0.1, -0.05) is 103 Å². The summed E-state index contributed by atoms with van der Waals surface area (Å²) in [5.41, 5.74) is 15.6. The fraction of sp³-hybridized carbons (Fsp3) is 0.300. The van der Waals surface area contributed by atoms with E-state index < -0.39 is 58.1 Å². The molecule has 0 unspecified atom stereocenters. The number of sulfonamides is 1. The molecule has 11 nitrogen and oxygen atoms in total. The molecule has 2 amide bonds. The third-order valence-electron chi connectivity index (χ3n) is 8.83. The number of hydrogen-bond donors (Lipinski definition) is 6. The van der Waals surface area contributed by atoms with Crippen LogP contribution in [0.3, 0.4) is 0 Å². The van der Waals surface area contributed by atoms with Gasteiger partial charge in [-0.3, -0.25) is 19.8 Å². The van der Waals surface area contributed by atoms with Crippen molar-refractivity contribution in [2.24, 2.45) is 17.4 Å². The number of benzene rings is 4. The minimum Gasteiger partial charge on any atom is -0.384 e. The number of nitrogens with one attached hydrogen (secondary N) is 4. The van der Waals surface area contributed by atoms with E-state index in [-0.39, 0.29) is 38.2 Å². The molecule has 0 radical (unpaired) electrons.